The number of hydrogen-bond donors (Lipinski definition) is 3. The topological polar surface area (TPSA) is 81.1 Å². The minimum Gasteiger partial charge on any atom is -0.399 e. The smallest absolute Gasteiger partial charge is 0.255 e. The largest absolute Gasteiger partial charge is 0.399 e. The van der Waals surface area contributed by atoms with Gasteiger partial charge in [-0.1, -0.05) is 6.07 Å². The molecule has 4 nitrogen and oxygen atoms in total. The molecule has 0 radical (unpaired) electrons. The fourth-order valence-electron chi connectivity index (χ4n) is 1.55. The molecule has 0 saturated carbocycles. The van der Waals surface area contributed by atoms with Crippen molar-refractivity contribution in [2.45, 2.75) is 0 Å². The van der Waals surface area contributed by atoms with E-state index in [9.17, 15) is 13.6 Å². The highest BCUT2D eigenvalue weighted by Crippen LogP contribution is 2.24. The van der Waals surface area contributed by atoms with Gasteiger partial charge in [-0.3, -0.25) is 4.79 Å². The summed E-state index contributed by atoms with van der Waals surface area (Å²) in [4.78, 5) is 11.9. The highest BCUT2D eigenvalue weighted by Gasteiger charge is 2.13. The number of carbonyl (C=O) groups is 1. The van der Waals surface area contributed by atoms with Crippen molar-refractivity contribution in [2.75, 3.05) is 16.8 Å². The van der Waals surface area contributed by atoms with Crippen molar-refractivity contribution in [1.29, 1.82) is 0 Å². The van der Waals surface area contributed by atoms with Gasteiger partial charge in [0.1, 0.15) is 0 Å². The first-order chi connectivity index (χ1) is 8.99. The van der Waals surface area contributed by atoms with Crippen LogP contribution in [0.1, 0.15) is 10.4 Å². The molecule has 0 aliphatic heterocycles. The monoisotopic (exact) mass is 263 g/mol. The number of nitrogens with one attached hydrogen (secondary N) is 1. The van der Waals surface area contributed by atoms with E-state index in [2.05, 4.69) is 5.32 Å². The van der Waals surface area contributed by atoms with Crippen LogP contribution in [-0.4, -0.2) is 5.91 Å². The molecular weight excluding hydrogens is 252 g/mol. The maximum atomic E-state index is 13.2. The third-order valence-electron chi connectivity index (χ3n) is 2.53. The summed E-state index contributed by atoms with van der Waals surface area (Å²) < 4.78 is 26.1. The Morgan fingerprint density at radius 2 is 1.84 bits per heavy atom. The average Bonchev–Trinajstić information content (AvgIpc) is 2.39. The lowest BCUT2D eigenvalue weighted by atomic mass is 10.1. The fraction of sp³-hybridized carbons (Fsp3) is 0. The molecule has 2 rings (SSSR count). The Kier molecular flexibility index (Phi) is 3.33. The predicted octanol–water partition coefficient (Wildman–Crippen LogP) is 2.38. The van der Waals surface area contributed by atoms with Crippen LogP contribution in [0.4, 0.5) is 25.8 Å². The van der Waals surface area contributed by atoms with Gasteiger partial charge in [0.05, 0.1) is 11.4 Å². The van der Waals surface area contributed by atoms with Gasteiger partial charge in [0.25, 0.3) is 5.91 Å². The molecule has 19 heavy (non-hydrogen) atoms. The van der Waals surface area contributed by atoms with Crippen LogP contribution < -0.4 is 16.8 Å². The quantitative estimate of drug-likeness (QED) is 0.727. The highest BCUT2D eigenvalue weighted by molar-refractivity contribution is 6.06. The van der Waals surface area contributed by atoms with Gasteiger partial charge in [-0.05, 0) is 30.3 Å². The van der Waals surface area contributed by atoms with Crippen molar-refractivity contribution in [1.82, 2.24) is 0 Å². The predicted molar refractivity (Wildman–Crippen MR) is 69.6 cm³/mol. The number of nitrogen functional groups attached to an aromatic ring is 2. The summed E-state index contributed by atoms with van der Waals surface area (Å²) in [5, 5.41) is 2.40. The van der Waals surface area contributed by atoms with Gasteiger partial charge in [-0.2, -0.15) is 0 Å². The van der Waals surface area contributed by atoms with Crippen molar-refractivity contribution in [3.63, 3.8) is 0 Å². The van der Waals surface area contributed by atoms with Crippen LogP contribution in [0.2, 0.25) is 0 Å². The number of benzene rings is 2. The van der Waals surface area contributed by atoms with Gasteiger partial charge >= 0.3 is 0 Å². The Balaban J connectivity index is 2.27. The molecule has 2 aromatic carbocycles. The van der Waals surface area contributed by atoms with Crippen molar-refractivity contribution < 1.29 is 13.6 Å². The second-order valence-electron chi connectivity index (χ2n) is 3.90. The molecule has 1 amide bonds. The number of halogens is 2. The molecule has 2 aromatic rings. The summed E-state index contributed by atoms with van der Waals surface area (Å²) in [6.45, 7) is 0. The molecule has 0 unspecified atom stereocenters. The molecule has 0 aliphatic rings. The summed E-state index contributed by atoms with van der Waals surface area (Å²) in [5.74, 6) is -2.77. The van der Waals surface area contributed by atoms with E-state index in [0.29, 0.717) is 11.3 Å². The van der Waals surface area contributed by atoms with Crippen molar-refractivity contribution in [2.24, 2.45) is 0 Å². The molecule has 5 N–H and O–H groups in total. The molecule has 0 aromatic heterocycles. The first kappa shape index (κ1) is 12.8. The van der Waals surface area contributed by atoms with Crippen LogP contribution in [0.5, 0.6) is 0 Å². The summed E-state index contributed by atoms with van der Waals surface area (Å²) in [6, 6.07) is 8.33. The zero-order valence-corrected chi connectivity index (χ0v) is 9.78. The van der Waals surface area contributed by atoms with Gasteiger partial charge < -0.3 is 16.8 Å². The third kappa shape index (κ3) is 2.62. The molecular formula is C13H11F2N3O. The number of anilines is 3. The van der Waals surface area contributed by atoms with Crippen LogP contribution in [0.15, 0.2) is 36.4 Å². The Morgan fingerprint density at radius 3 is 2.53 bits per heavy atom. The molecule has 0 bridgehead atoms. The second-order valence-corrected chi connectivity index (χ2v) is 3.90. The summed E-state index contributed by atoms with van der Waals surface area (Å²) in [6.07, 6.45) is 0. The van der Waals surface area contributed by atoms with E-state index in [1.54, 1.807) is 18.2 Å². The Bertz CT molecular complexity index is 644. The van der Waals surface area contributed by atoms with Gasteiger partial charge in [-0.25, -0.2) is 8.78 Å². The lowest BCUT2D eigenvalue weighted by molar-refractivity contribution is 0.102. The zero-order valence-electron chi connectivity index (χ0n) is 9.78. The van der Waals surface area contributed by atoms with Crippen LogP contribution in [0.3, 0.4) is 0 Å². The van der Waals surface area contributed by atoms with Crippen molar-refractivity contribution >= 4 is 23.0 Å². The molecule has 0 aliphatic carbocycles. The fourth-order valence-corrected chi connectivity index (χ4v) is 1.55. The van der Waals surface area contributed by atoms with E-state index in [4.69, 9.17) is 11.5 Å². The lowest BCUT2D eigenvalue weighted by Gasteiger charge is -2.09. The Morgan fingerprint density at radius 1 is 1.11 bits per heavy atom. The molecule has 0 heterocycles. The van der Waals surface area contributed by atoms with Crippen LogP contribution >= 0.6 is 0 Å². The average molecular weight is 263 g/mol. The maximum absolute atomic E-state index is 13.2. The van der Waals surface area contributed by atoms with Gasteiger partial charge in [-0.15, -0.1) is 0 Å². The van der Waals surface area contributed by atoms with Crippen molar-refractivity contribution in [3.05, 3.63) is 53.6 Å². The number of rotatable bonds is 2. The molecule has 6 heteroatoms. The number of hydrogen-bond acceptors (Lipinski definition) is 3. The van der Waals surface area contributed by atoms with Crippen LogP contribution in [0, 0.1) is 11.6 Å². The van der Waals surface area contributed by atoms with E-state index in [1.165, 1.54) is 12.1 Å². The molecule has 98 valence electrons. The lowest BCUT2D eigenvalue weighted by Crippen LogP contribution is -2.14. The molecule has 0 fully saturated rings. The van der Waals surface area contributed by atoms with Crippen LogP contribution in [0.25, 0.3) is 0 Å². The summed E-state index contributed by atoms with van der Waals surface area (Å²) >= 11 is 0. The van der Waals surface area contributed by atoms with Gasteiger partial charge in [0, 0.05) is 11.3 Å². The number of amides is 1. The summed E-state index contributed by atoms with van der Waals surface area (Å²) in [5.41, 5.74) is 11.2. The van der Waals surface area contributed by atoms with E-state index in [-0.39, 0.29) is 5.69 Å². The van der Waals surface area contributed by atoms with Gasteiger partial charge in [0.15, 0.2) is 11.6 Å². The Labute approximate surface area is 108 Å². The Hall–Kier alpha value is -2.63. The second kappa shape index (κ2) is 4.93. The van der Waals surface area contributed by atoms with E-state index >= 15 is 0 Å². The minimum absolute atomic E-state index is 0.00586. The van der Waals surface area contributed by atoms with Crippen molar-refractivity contribution in [3.8, 4) is 0 Å². The minimum atomic E-state index is -1.19. The standard InChI is InChI=1S/C13H11F2N3O/c14-9-4-5-10(12(17)11(9)15)18-13(19)7-2-1-3-8(16)6-7/h1-6H,16-17H2,(H,18,19). The van der Waals surface area contributed by atoms with Crippen LogP contribution in [-0.2, 0) is 0 Å². The zero-order chi connectivity index (χ0) is 14.0. The van der Waals surface area contributed by atoms with E-state index < -0.39 is 23.2 Å². The molecule has 0 saturated heterocycles. The van der Waals surface area contributed by atoms with E-state index in [1.807, 2.05) is 0 Å². The third-order valence-corrected chi connectivity index (χ3v) is 2.53. The molecule has 0 spiro atoms. The normalized spacial score (nSPS) is 10.2. The SMILES string of the molecule is Nc1cccc(C(=O)Nc2ccc(F)c(F)c2N)c1. The first-order valence-corrected chi connectivity index (χ1v) is 5.39. The number of carbonyl (C=O) groups excluding carboxylic acids is 1. The highest BCUT2D eigenvalue weighted by atomic mass is 19.2. The number of nitrogens with two attached hydrogens (primary N) is 2. The maximum Gasteiger partial charge on any atom is 0.255 e. The molecule has 0 atom stereocenters. The van der Waals surface area contributed by atoms with Gasteiger partial charge in [0.2, 0.25) is 0 Å². The first-order valence-electron chi connectivity index (χ1n) is 5.39. The van der Waals surface area contributed by atoms with E-state index in [0.717, 1.165) is 6.07 Å². The summed E-state index contributed by atoms with van der Waals surface area (Å²) in [7, 11) is 0.